The summed E-state index contributed by atoms with van der Waals surface area (Å²) in [6.07, 6.45) is -3.56. The number of carbonyl (C=O) groups excluding carboxylic acids is 1. The Kier molecular flexibility index (Phi) is 7.47. The third-order valence-corrected chi connectivity index (χ3v) is 5.76. The van der Waals surface area contributed by atoms with Crippen molar-refractivity contribution in [1.82, 2.24) is 9.55 Å². The quantitative estimate of drug-likeness (QED) is 0.275. The second kappa shape index (κ2) is 10.7. The van der Waals surface area contributed by atoms with Crippen molar-refractivity contribution in [1.29, 1.82) is 0 Å². The number of aliphatic carboxylic acids is 1. The van der Waals surface area contributed by atoms with Crippen molar-refractivity contribution in [3.63, 3.8) is 0 Å². The Morgan fingerprint density at radius 3 is 2.41 bits per heavy atom. The van der Waals surface area contributed by atoms with E-state index < -0.39 is 29.7 Å². The summed E-state index contributed by atoms with van der Waals surface area (Å²) in [5.74, 6) is -1.68. The molecular formula is C27H23F3N2O5. The van der Waals surface area contributed by atoms with Crippen molar-refractivity contribution in [2.45, 2.75) is 32.0 Å². The van der Waals surface area contributed by atoms with Crippen LogP contribution in [0.4, 0.5) is 13.2 Å². The zero-order valence-corrected chi connectivity index (χ0v) is 19.7. The van der Waals surface area contributed by atoms with Crippen molar-refractivity contribution >= 4 is 11.8 Å². The highest BCUT2D eigenvalue weighted by atomic mass is 19.4. The Hall–Kier alpha value is -4.34. The average Bonchev–Trinajstić information content (AvgIpc) is 3.49. The summed E-state index contributed by atoms with van der Waals surface area (Å²) in [7, 11) is 0. The lowest BCUT2D eigenvalue weighted by molar-refractivity contribution is -0.141. The standard InChI is InChI=1S/C27H23F3N2O5/c1-17-21(31-25(37-17)19-6-3-2-4-7-19)13-15-36-20-11-9-18(10-12-20)16-23(26(34)35)32-14-5-8-22(32)24(33)27(28,29)30/h2-12,14,23H,13,15-16H2,1H3,(H,34,35)/t23-/m0/s1. The molecule has 4 rings (SSSR count). The number of carboxylic acids is 1. The molecule has 0 spiro atoms. The van der Waals surface area contributed by atoms with Gasteiger partial charge in [0.1, 0.15) is 17.6 Å². The van der Waals surface area contributed by atoms with Crippen LogP contribution in [0.15, 0.2) is 77.3 Å². The molecule has 0 fully saturated rings. The van der Waals surface area contributed by atoms with Gasteiger partial charge in [0.2, 0.25) is 5.89 Å². The third-order valence-electron chi connectivity index (χ3n) is 5.76. The van der Waals surface area contributed by atoms with E-state index in [1.165, 1.54) is 6.07 Å². The Morgan fingerprint density at radius 2 is 1.76 bits per heavy atom. The lowest BCUT2D eigenvalue weighted by Gasteiger charge is -2.18. The SMILES string of the molecule is Cc1oc(-c2ccccc2)nc1CCOc1ccc(C[C@@H](C(=O)O)n2cccc2C(=O)C(F)(F)F)cc1. The van der Waals surface area contributed by atoms with E-state index in [0.717, 1.165) is 28.1 Å². The van der Waals surface area contributed by atoms with Gasteiger partial charge in [-0.2, -0.15) is 13.2 Å². The number of alkyl halides is 3. The molecule has 0 saturated carbocycles. The number of ether oxygens (including phenoxy) is 1. The van der Waals surface area contributed by atoms with Crippen LogP contribution in [-0.2, 0) is 17.6 Å². The smallest absolute Gasteiger partial charge is 0.456 e. The van der Waals surface area contributed by atoms with Crippen LogP contribution in [-0.4, -0.2) is 39.2 Å². The van der Waals surface area contributed by atoms with E-state index in [1.807, 2.05) is 37.3 Å². The van der Waals surface area contributed by atoms with Crippen molar-refractivity contribution in [2.24, 2.45) is 0 Å². The van der Waals surface area contributed by atoms with Crippen LogP contribution >= 0.6 is 0 Å². The molecule has 1 atom stereocenters. The van der Waals surface area contributed by atoms with E-state index in [2.05, 4.69) is 4.98 Å². The number of halogens is 3. The zero-order chi connectivity index (χ0) is 26.6. The second-order valence-corrected chi connectivity index (χ2v) is 8.32. The first-order valence-corrected chi connectivity index (χ1v) is 11.4. The maximum atomic E-state index is 12.9. The number of Topliss-reactive ketones (excluding diaryl/α,β-unsaturated/α-hetero) is 1. The number of hydrogen-bond donors (Lipinski definition) is 1. The molecule has 0 aliphatic rings. The molecule has 4 aromatic rings. The van der Waals surface area contributed by atoms with Crippen LogP contribution in [0.2, 0.25) is 0 Å². The minimum Gasteiger partial charge on any atom is -0.493 e. The summed E-state index contributed by atoms with van der Waals surface area (Å²) in [4.78, 5) is 28.1. The van der Waals surface area contributed by atoms with Crippen LogP contribution in [0, 0.1) is 6.92 Å². The highest BCUT2D eigenvalue weighted by Crippen LogP contribution is 2.26. The van der Waals surface area contributed by atoms with Gasteiger partial charge in [-0.15, -0.1) is 0 Å². The number of ketones is 1. The molecule has 0 amide bonds. The van der Waals surface area contributed by atoms with E-state index in [0.29, 0.717) is 36.0 Å². The largest absolute Gasteiger partial charge is 0.493 e. The Morgan fingerprint density at radius 1 is 1.05 bits per heavy atom. The normalized spacial score (nSPS) is 12.3. The van der Waals surface area contributed by atoms with Crippen LogP contribution in [0.1, 0.15) is 33.5 Å². The maximum absolute atomic E-state index is 12.9. The summed E-state index contributed by atoms with van der Waals surface area (Å²) >= 11 is 0. The van der Waals surface area contributed by atoms with Gasteiger partial charge in [0.05, 0.1) is 18.0 Å². The zero-order valence-electron chi connectivity index (χ0n) is 19.7. The number of rotatable bonds is 10. The molecule has 2 heterocycles. The molecule has 2 aromatic heterocycles. The first-order valence-electron chi connectivity index (χ1n) is 11.4. The maximum Gasteiger partial charge on any atom is 0.456 e. The molecule has 0 aliphatic carbocycles. The summed E-state index contributed by atoms with van der Waals surface area (Å²) in [5, 5.41) is 9.64. The summed E-state index contributed by atoms with van der Waals surface area (Å²) in [6, 6.07) is 16.9. The fraction of sp³-hybridized carbons (Fsp3) is 0.222. The van der Waals surface area contributed by atoms with E-state index in [1.54, 1.807) is 24.3 Å². The minimum absolute atomic E-state index is 0.122. The fourth-order valence-corrected chi connectivity index (χ4v) is 3.88. The van der Waals surface area contributed by atoms with Crippen molar-refractivity contribution < 1.29 is 37.0 Å². The molecule has 0 aliphatic heterocycles. The number of nitrogens with zero attached hydrogens (tertiary/aromatic N) is 2. The summed E-state index contributed by atoms with van der Waals surface area (Å²) in [6.45, 7) is 2.16. The molecule has 10 heteroatoms. The predicted molar refractivity (Wildman–Crippen MR) is 128 cm³/mol. The van der Waals surface area contributed by atoms with E-state index in [9.17, 15) is 27.9 Å². The van der Waals surface area contributed by atoms with E-state index in [4.69, 9.17) is 9.15 Å². The third kappa shape index (κ3) is 6.08. The van der Waals surface area contributed by atoms with Crippen LogP contribution in [0.3, 0.4) is 0 Å². The minimum atomic E-state index is -5.11. The molecule has 192 valence electrons. The average molecular weight is 512 g/mol. The predicted octanol–water partition coefficient (Wildman–Crippen LogP) is 5.69. The van der Waals surface area contributed by atoms with Gasteiger partial charge in [0, 0.05) is 24.6 Å². The number of aromatic nitrogens is 2. The highest BCUT2D eigenvalue weighted by Gasteiger charge is 2.42. The van der Waals surface area contributed by atoms with Crippen LogP contribution < -0.4 is 4.74 Å². The van der Waals surface area contributed by atoms with Gasteiger partial charge in [-0.25, -0.2) is 9.78 Å². The van der Waals surface area contributed by atoms with E-state index in [-0.39, 0.29) is 6.42 Å². The molecule has 0 bridgehead atoms. The van der Waals surface area contributed by atoms with Gasteiger partial charge in [-0.3, -0.25) is 4.79 Å². The number of oxazole rings is 1. The topological polar surface area (TPSA) is 94.6 Å². The molecule has 37 heavy (non-hydrogen) atoms. The fourth-order valence-electron chi connectivity index (χ4n) is 3.88. The highest BCUT2D eigenvalue weighted by molar-refractivity contribution is 5.99. The van der Waals surface area contributed by atoms with E-state index >= 15 is 0 Å². The number of carboxylic acid groups (broad SMARTS) is 1. The summed E-state index contributed by atoms with van der Waals surface area (Å²) < 4.78 is 51.1. The van der Waals surface area contributed by atoms with Gasteiger partial charge in [0.25, 0.3) is 5.78 Å². The molecule has 1 N–H and O–H groups in total. The molecule has 0 unspecified atom stereocenters. The van der Waals surface area contributed by atoms with Crippen LogP contribution in [0.5, 0.6) is 5.75 Å². The number of aryl methyl sites for hydroxylation is 1. The van der Waals surface area contributed by atoms with Gasteiger partial charge in [-0.05, 0) is 48.9 Å². The lowest BCUT2D eigenvalue weighted by Crippen LogP contribution is -2.29. The molecule has 7 nitrogen and oxygen atoms in total. The Balaban J connectivity index is 1.38. The lowest BCUT2D eigenvalue weighted by atomic mass is 10.1. The molecule has 0 radical (unpaired) electrons. The molecule has 2 aromatic carbocycles. The molecule has 0 saturated heterocycles. The van der Waals surface area contributed by atoms with Crippen molar-refractivity contribution in [3.8, 4) is 17.2 Å². The summed E-state index contributed by atoms with van der Waals surface area (Å²) in [5.41, 5.74) is 1.48. The van der Waals surface area contributed by atoms with Crippen LogP contribution in [0.25, 0.3) is 11.5 Å². The van der Waals surface area contributed by atoms with Gasteiger partial charge < -0.3 is 18.8 Å². The Bertz CT molecular complexity index is 1380. The van der Waals surface area contributed by atoms with Gasteiger partial charge >= 0.3 is 12.1 Å². The Labute approximate surface area is 210 Å². The number of carbonyl (C=O) groups is 2. The molecular weight excluding hydrogens is 489 g/mol. The van der Waals surface area contributed by atoms with Gasteiger partial charge in [0.15, 0.2) is 0 Å². The monoisotopic (exact) mass is 512 g/mol. The number of benzene rings is 2. The second-order valence-electron chi connectivity index (χ2n) is 8.32. The van der Waals surface area contributed by atoms with Crippen molar-refractivity contribution in [3.05, 3.63) is 95.6 Å². The first-order chi connectivity index (χ1) is 17.6. The van der Waals surface area contributed by atoms with Gasteiger partial charge in [-0.1, -0.05) is 30.3 Å². The van der Waals surface area contributed by atoms with Crippen molar-refractivity contribution in [2.75, 3.05) is 6.61 Å². The first kappa shape index (κ1) is 25.7. The number of hydrogen-bond acceptors (Lipinski definition) is 5.